The summed E-state index contributed by atoms with van der Waals surface area (Å²) < 4.78 is 45.4. The van der Waals surface area contributed by atoms with Gasteiger partial charge in [-0.15, -0.1) is 0 Å². The molecular weight excluding hydrogens is 384 g/mol. The molecule has 0 heterocycles. The maximum atomic E-state index is 12.8. The van der Waals surface area contributed by atoms with Crippen LogP contribution in [0.5, 0.6) is 11.5 Å². The molecule has 3 rings (SSSR count). The predicted molar refractivity (Wildman–Crippen MR) is 89.7 cm³/mol. The van der Waals surface area contributed by atoms with Gasteiger partial charge in [-0.3, -0.25) is 9.59 Å². The Hall–Kier alpha value is -2.72. The second-order valence-electron chi connectivity index (χ2n) is 5.76. The van der Waals surface area contributed by atoms with Crippen LogP contribution in [-0.4, -0.2) is 38.6 Å². The Kier molecular flexibility index (Phi) is 4.12. The van der Waals surface area contributed by atoms with Crippen molar-refractivity contribution >= 4 is 33.0 Å². The minimum Gasteiger partial charge on any atom is -0.507 e. The molecule has 10 heteroatoms. The molecule has 2 aromatic carbocycles. The molecule has 0 atom stereocenters. The van der Waals surface area contributed by atoms with E-state index in [2.05, 4.69) is 0 Å². The quantitative estimate of drug-likeness (QED) is 0.361. The number of hydrogen-bond donors (Lipinski definition) is 4. The molecule has 0 unspecified atom stereocenters. The SMILES string of the molecule is Cc1c(C)c(O)c2c(c1O)C(=O)c1cc([SH](=O)=O)c([SH](=O)=O)cc1C2=O. The summed E-state index contributed by atoms with van der Waals surface area (Å²) >= 11 is 0. The summed E-state index contributed by atoms with van der Waals surface area (Å²) in [5, 5.41) is 20.6. The second kappa shape index (κ2) is 5.92. The predicted octanol–water partition coefficient (Wildman–Crippen LogP) is 0.431. The fourth-order valence-corrected chi connectivity index (χ4v) is 4.39. The largest absolute Gasteiger partial charge is 0.507 e. The van der Waals surface area contributed by atoms with Crippen molar-refractivity contribution in [2.24, 2.45) is 0 Å². The molecule has 1 aliphatic rings. The third-order valence-electron chi connectivity index (χ3n) is 4.45. The second-order valence-corrected chi connectivity index (χ2v) is 7.75. The van der Waals surface area contributed by atoms with E-state index in [0.717, 1.165) is 12.1 Å². The van der Waals surface area contributed by atoms with Crippen molar-refractivity contribution in [3.8, 4) is 11.5 Å². The first-order valence-corrected chi connectivity index (χ1v) is 9.54. The van der Waals surface area contributed by atoms with Crippen molar-refractivity contribution in [2.75, 3.05) is 0 Å². The summed E-state index contributed by atoms with van der Waals surface area (Å²) in [5.41, 5.74) is -1.19. The van der Waals surface area contributed by atoms with Gasteiger partial charge in [-0.2, -0.15) is 0 Å². The highest BCUT2D eigenvalue weighted by molar-refractivity contribution is 7.75. The molecule has 0 aromatic heterocycles. The van der Waals surface area contributed by atoms with Gasteiger partial charge >= 0.3 is 0 Å². The number of carbonyl (C=O) groups excluding carboxylic acids is 2. The molecule has 0 bridgehead atoms. The lowest BCUT2D eigenvalue weighted by Gasteiger charge is -2.22. The van der Waals surface area contributed by atoms with E-state index in [4.69, 9.17) is 0 Å². The summed E-state index contributed by atoms with van der Waals surface area (Å²) in [6.45, 7) is 2.90. The third kappa shape index (κ3) is 2.33. The molecule has 2 N–H and O–H groups in total. The lowest BCUT2D eigenvalue weighted by Crippen LogP contribution is -2.23. The van der Waals surface area contributed by atoms with E-state index < -0.39 is 65.4 Å². The molecular formula is C16H12O8S2. The average Bonchev–Trinajstić information content (AvgIpc) is 2.59. The highest BCUT2D eigenvalue weighted by atomic mass is 32.2. The van der Waals surface area contributed by atoms with E-state index in [-0.39, 0.29) is 22.3 Å². The molecule has 0 radical (unpaired) electrons. The minimum absolute atomic E-state index is 0.195. The fraction of sp³-hybridized carbons (Fsp3) is 0.125. The summed E-state index contributed by atoms with van der Waals surface area (Å²) in [6.07, 6.45) is 0. The normalized spacial score (nSPS) is 13.2. The van der Waals surface area contributed by atoms with E-state index in [9.17, 15) is 36.6 Å². The molecule has 1 aliphatic carbocycles. The molecule has 0 amide bonds. The van der Waals surface area contributed by atoms with Crippen LogP contribution in [-0.2, 0) is 21.4 Å². The maximum Gasteiger partial charge on any atom is 0.198 e. The number of aromatic hydroxyl groups is 2. The molecule has 0 saturated carbocycles. The van der Waals surface area contributed by atoms with Crippen LogP contribution in [0.15, 0.2) is 21.9 Å². The first-order valence-electron chi connectivity index (χ1n) is 7.19. The van der Waals surface area contributed by atoms with E-state index in [1.807, 2.05) is 0 Å². The molecule has 0 fully saturated rings. The van der Waals surface area contributed by atoms with Crippen LogP contribution in [0.25, 0.3) is 0 Å². The number of phenols is 2. The summed E-state index contributed by atoms with van der Waals surface area (Å²) in [5.74, 6) is -2.75. The number of benzene rings is 2. The van der Waals surface area contributed by atoms with Gasteiger partial charge in [0.1, 0.15) is 11.5 Å². The van der Waals surface area contributed by atoms with Crippen molar-refractivity contribution in [3.63, 3.8) is 0 Å². The van der Waals surface area contributed by atoms with Crippen molar-refractivity contribution in [3.05, 3.63) is 45.5 Å². The van der Waals surface area contributed by atoms with E-state index in [0.29, 0.717) is 0 Å². The van der Waals surface area contributed by atoms with Gasteiger partial charge in [0.15, 0.2) is 33.0 Å². The first-order chi connectivity index (χ1) is 12.1. The Labute approximate surface area is 150 Å². The lowest BCUT2D eigenvalue weighted by molar-refractivity contribution is 0.0973. The number of rotatable bonds is 2. The molecule has 8 nitrogen and oxygen atoms in total. The molecule has 0 saturated heterocycles. The van der Waals surface area contributed by atoms with Crippen molar-refractivity contribution in [1.82, 2.24) is 0 Å². The Morgan fingerprint density at radius 2 is 1.00 bits per heavy atom. The fourth-order valence-electron chi connectivity index (χ4n) is 2.92. The van der Waals surface area contributed by atoms with Crippen LogP contribution in [0.3, 0.4) is 0 Å². The van der Waals surface area contributed by atoms with Gasteiger partial charge in [-0.25, -0.2) is 16.8 Å². The van der Waals surface area contributed by atoms with Gasteiger partial charge < -0.3 is 10.2 Å². The smallest absolute Gasteiger partial charge is 0.198 e. The highest BCUT2D eigenvalue weighted by Crippen LogP contribution is 2.42. The zero-order valence-electron chi connectivity index (χ0n) is 13.4. The maximum absolute atomic E-state index is 12.8. The molecule has 136 valence electrons. The Balaban J connectivity index is 2.47. The van der Waals surface area contributed by atoms with Gasteiger partial charge in [-0.1, -0.05) is 0 Å². The monoisotopic (exact) mass is 396 g/mol. The van der Waals surface area contributed by atoms with Crippen molar-refractivity contribution < 1.29 is 36.6 Å². The van der Waals surface area contributed by atoms with Gasteiger partial charge in [0.2, 0.25) is 0 Å². The standard InChI is InChI=1S/C16H12O8S2/c1-5-6(2)14(18)12-11(13(5)17)15(19)7-3-9(25(21)22)10(26(23)24)4-8(7)16(12)20/h3-4,17-18,25-26H,1-2H3. The van der Waals surface area contributed by atoms with Crippen LogP contribution in [0.2, 0.25) is 0 Å². The number of ketones is 2. The highest BCUT2D eigenvalue weighted by Gasteiger charge is 2.37. The number of hydrogen-bond acceptors (Lipinski definition) is 8. The van der Waals surface area contributed by atoms with Crippen molar-refractivity contribution in [2.45, 2.75) is 23.6 Å². The van der Waals surface area contributed by atoms with Gasteiger partial charge in [0.25, 0.3) is 0 Å². The summed E-state index contributed by atoms with van der Waals surface area (Å²) in [6, 6.07) is 1.60. The first kappa shape index (κ1) is 18.1. The third-order valence-corrected chi connectivity index (χ3v) is 6.15. The van der Waals surface area contributed by atoms with E-state index >= 15 is 0 Å². The summed E-state index contributed by atoms with van der Waals surface area (Å²) in [7, 11) is -6.70. The Morgan fingerprint density at radius 3 is 1.27 bits per heavy atom. The number of carbonyl (C=O) groups is 2. The Bertz CT molecular complexity index is 1080. The van der Waals surface area contributed by atoms with Gasteiger partial charge in [-0.05, 0) is 37.1 Å². The zero-order chi connectivity index (χ0) is 19.5. The molecule has 0 aliphatic heterocycles. The minimum atomic E-state index is -3.35. The topological polar surface area (TPSA) is 143 Å². The van der Waals surface area contributed by atoms with Crippen LogP contribution in [0, 0.1) is 13.8 Å². The molecule has 2 aromatic rings. The van der Waals surface area contributed by atoms with Crippen LogP contribution < -0.4 is 0 Å². The van der Waals surface area contributed by atoms with E-state index in [1.54, 1.807) is 0 Å². The van der Waals surface area contributed by atoms with Crippen molar-refractivity contribution in [1.29, 1.82) is 0 Å². The molecule has 26 heavy (non-hydrogen) atoms. The zero-order valence-corrected chi connectivity index (χ0v) is 15.2. The van der Waals surface area contributed by atoms with Crippen LogP contribution in [0.4, 0.5) is 0 Å². The number of phenolic OH excluding ortho intramolecular Hbond substituents is 2. The molecule has 0 spiro atoms. The number of thiol groups is 2. The lowest BCUT2D eigenvalue weighted by atomic mass is 9.81. The van der Waals surface area contributed by atoms with E-state index in [1.165, 1.54) is 13.8 Å². The average molecular weight is 396 g/mol. The van der Waals surface area contributed by atoms with Gasteiger partial charge in [0, 0.05) is 11.1 Å². The van der Waals surface area contributed by atoms with Crippen LogP contribution >= 0.6 is 0 Å². The Morgan fingerprint density at radius 1 is 0.692 bits per heavy atom. The van der Waals surface area contributed by atoms with Gasteiger partial charge in [0.05, 0.1) is 20.9 Å². The summed E-state index contributed by atoms with van der Waals surface area (Å²) in [4.78, 5) is 24.3. The van der Waals surface area contributed by atoms with Crippen LogP contribution in [0.1, 0.15) is 43.0 Å². The number of fused-ring (bicyclic) bond motifs is 2.